The molecule has 6 heteroatoms. The van der Waals surface area contributed by atoms with Crippen molar-refractivity contribution in [3.8, 4) is 0 Å². The molecule has 1 aromatic rings. The van der Waals surface area contributed by atoms with E-state index in [0.717, 1.165) is 12.2 Å². The van der Waals surface area contributed by atoms with E-state index in [9.17, 15) is 4.79 Å². The summed E-state index contributed by atoms with van der Waals surface area (Å²) in [4.78, 5) is 11.2. The zero-order chi connectivity index (χ0) is 10.7. The van der Waals surface area contributed by atoms with Gasteiger partial charge in [-0.1, -0.05) is 11.6 Å². The van der Waals surface area contributed by atoms with Crippen LogP contribution in [0.1, 0.15) is 12.8 Å². The van der Waals surface area contributed by atoms with Gasteiger partial charge in [0.25, 0.3) is 5.56 Å². The van der Waals surface area contributed by atoms with Crippen molar-refractivity contribution >= 4 is 29.1 Å². The van der Waals surface area contributed by atoms with Crippen LogP contribution in [0, 0.1) is 0 Å². The zero-order valence-corrected chi connectivity index (χ0v) is 9.70. The molecule has 0 radical (unpaired) electrons. The molecule has 0 saturated carbocycles. The highest BCUT2D eigenvalue weighted by molar-refractivity contribution is 7.99. The van der Waals surface area contributed by atoms with Crippen LogP contribution in [0.25, 0.3) is 0 Å². The van der Waals surface area contributed by atoms with E-state index in [0.29, 0.717) is 11.7 Å². The number of anilines is 1. The van der Waals surface area contributed by atoms with Gasteiger partial charge in [0.1, 0.15) is 5.02 Å². The minimum atomic E-state index is -0.342. The molecule has 0 aromatic carbocycles. The highest BCUT2D eigenvalue weighted by Gasteiger charge is 2.15. The monoisotopic (exact) mass is 245 g/mol. The van der Waals surface area contributed by atoms with Gasteiger partial charge >= 0.3 is 0 Å². The lowest BCUT2D eigenvalue weighted by Gasteiger charge is -2.23. The van der Waals surface area contributed by atoms with E-state index in [-0.39, 0.29) is 10.6 Å². The van der Waals surface area contributed by atoms with Crippen LogP contribution >= 0.6 is 23.4 Å². The van der Waals surface area contributed by atoms with Crippen molar-refractivity contribution in [1.29, 1.82) is 0 Å². The number of halogens is 1. The number of hydrogen-bond donors (Lipinski definition) is 2. The SMILES string of the molecule is O=c1[nH]ncc(NC2CCCSC2)c1Cl. The van der Waals surface area contributed by atoms with Crippen LogP contribution in [0.4, 0.5) is 5.69 Å². The van der Waals surface area contributed by atoms with Crippen LogP contribution in [-0.2, 0) is 0 Å². The molecule has 0 spiro atoms. The lowest BCUT2D eigenvalue weighted by atomic mass is 10.2. The van der Waals surface area contributed by atoms with Gasteiger partial charge in [0.2, 0.25) is 0 Å². The fraction of sp³-hybridized carbons (Fsp3) is 0.556. The molecule has 1 aliphatic rings. The fourth-order valence-electron chi connectivity index (χ4n) is 1.56. The standard InChI is InChI=1S/C9H12ClN3OS/c10-8-7(4-11-13-9(8)14)12-6-2-1-3-15-5-6/h4,6H,1-3,5H2,(H2,12,13,14). The topological polar surface area (TPSA) is 57.8 Å². The summed E-state index contributed by atoms with van der Waals surface area (Å²) in [5.41, 5.74) is 0.290. The minimum Gasteiger partial charge on any atom is -0.379 e. The number of H-pyrrole nitrogens is 1. The highest BCUT2D eigenvalue weighted by Crippen LogP contribution is 2.22. The maximum atomic E-state index is 11.2. The Kier molecular flexibility index (Phi) is 3.53. The Balaban J connectivity index is 2.09. The summed E-state index contributed by atoms with van der Waals surface area (Å²) < 4.78 is 0. The van der Waals surface area contributed by atoms with Gasteiger partial charge in [-0.3, -0.25) is 4.79 Å². The fourth-order valence-corrected chi connectivity index (χ4v) is 2.78. The predicted octanol–water partition coefficient (Wildman–Crippen LogP) is 1.73. The van der Waals surface area contributed by atoms with E-state index < -0.39 is 0 Å². The normalized spacial score (nSPS) is 21.3. The molecule has 82 valence electrons. The number of aromatic amines is 1. The van der Waals surface area contributed by atoms with E-state index in [2.05, 4.69) is 15.5 Å². The Bertz CT molecular complexity index is 389. The quantitative estimate of drug-likeness (QED) is 0.833. The van der Waals surface area contributed by atoms with Crippen molar-refractivity contribution < 1.29 is 0 Å². The van der Waals surface area contributed by atoms with Crippen LogP contribution in [0.2, 0.25) is 5.02 Å². The molecule has 2 rings (SSSR count). The molecule has 1 aromatic heterocycles. The van der Waals surface area contributed by atoms with Crippen LogP contribution in [0.3, 0.4) is 0 Å². The summed E-state index contributed by atoms with van der Waals surface area (Å²) in [7, 11) is 0. The van der Waals surface area contributed by atoms with Crippen molar-refractivity contribution in [2.75, 3.05) is 16.8 Å². The summed E-state index contributed by atoms with van der Waals surface area (Å²) in [5.74, 6) is 2.28. The molecular formula is C9H12ClN3OS. The van der Waals surface area contributed by atoms with E-state index in [1.165, 1.54) is 12.2 Å². The van der Waals surface area contributed by atoms with Gasteiger partial charge in [0, 0.05) is 11.8 Å². The molecule has 1 unspecified atom stereocenters. The summed E-state index contributed by atoms with van der Waals surface area (Å²) in [6, 6.07) is 0.393. The molecular weight excluding hydrogens is 234 g/mol. The van der Waals surface area contributed by atoms with Crippen molar-refractivity contribution in [2.45, 2.75) is 18.9 Å². The molecule has 0 bridgehead atoms. The maximum absolute atomic E-state index is 11.2. The minimum absolute atomic E-state index is 0.195. The first-order valence-corrected chi connectivity index (χ1v) is 6.38. The van der Waals surface area contributed by atoms with E-state index in [1.807, 2.05) is 11.8 Å². The Hall–Kier alpha value is -0.680. The third-order valence-corrected chi connectivity index (χ3v) is 3.91. The van der Waals surface area contributed by atoms with Crippen LogP contribution < -0.4 is 10.9 Å². The smallest absolute Gasteiger partial charge is 0.285 e. The predicted molar refractivity (Wildman–Crippen MR) is 63.8 cm³/mol. The molecule has 1 fully saturated rings. The first-order chi connectivity index (χ1) is 7.27. The van der Waals surface area contributed by atoms with Crippen LogP contribution in [-0.4, -0.2) is 27.7 Å². The Morgan fingerprint density at radius 3 is 3.27 bits per heavy atom. The summed E-state index contributed by atoms with van der Waals surface area (Å²) in [6.07, 6.45) is 3.88. The number of nitrogens with zero attached hydrogens (tertiary/aromatic N) is 1. The molecule has 2 heterocycles. The average molecular weight is 246 g/mol. The second kappa shape index (κ2) is 4.90. The number of hydrogen-bond acceptors (Lipinski definition) is 4. The van der Waals surface area contributed by atoms with Gasteiger partial charge in [0.05, 0.1) is 11.9 Å². The van der Waals surface area contributed by atoms with Crippen LogP contribution in [0.5, 0.6) is 0 Å². The van der Waals surface area contributed by atoms with E-state index in [1.54, 1.807) is 6.20 Å². The lowest BCUT2D eigenvalue weighted by molar-refractivity contribution is 0.684. The second-order valence-corrected chi connectivity index (χ2v) is 5.01. The van der Waals surface area contributed by atoms with Gasteiger partial charge in [-0.05, 0) is 18.6 Å². The highest BCUT2D eigenvalue weighted by atomic mass is 35.5. The maximum Gasteiger partial charge on any atom is 0.285 e. The first-order valence-electron chi connectivity index (χ1n) is 4.85. The van der Waals surface area contributed by atoms with Gasteiger partial charge in [0.15, 0.2) is 0 Å². The molecule has 1 saturated heterocycles. The summed E-state index contributed by atoms with van der Waals surface area (Å²) in [6.45, 7) is 0. The largest absolute Gasteiger partial charge is 0.379 e. The van der Waals surface area contributed by atoms with Gasteiger partial charge < -0.3 is 5.32 Å². The number of rotatable bonds is 2. The average Bonchev–Trinajstić information content (AvgIpc) is 2.26. The summed E-state index contributed by atoms with van der Waals surface area (Å²) >= 11 is 7.78. The van der Waals surface area contributed by atoms with Gasteiger partial charge in [-0.15, -0.1) is 0 Å². The van der Waals surface area contributed by atoms with Crippen molar-refractivity contribution in [3.63, 3.8) is 0 Å². The third-order valence-electron chi connectivity index (χ3n) is 2.32. The number of thioether (sulfide) groups is 1. The lowest BCUT2D eigenvalue weighted by Crippen LogP contribution is -2.27. The Labute approximate surface area is 96.8 Å². The molecule has 0 amide bonds. The molecule has 15 heavy (non-hydrogen) atoms. The van der Waals surface area contributed by atoms with Crippen molar-refractivity contribution in [1.82, 2.24) is 10.2 Å². The third kappa shape index (κ3) is 2.66. The second-order valence-electron chi connectivity index (χ2n) is 3.49. The number of aromatic nitrogens is 2. The van der Waals surface area contributed by atoms with E-state index >= 15 is 0 Å². The molecule has 1 aliphatic heterocycles. The van der Waals surface area contributed by atoms with Crippen LogP contribution in [0.15, 0.2) is 11.0 Å². The number of nitrogens with one attached hydrogen (secondary N) is 2. The molecule has 4 nitrogen and oxygen atoms in total. The van der Waals surface area contributed by atoms with E-state index in [4.69, 9.17) is 11.6 Å². The van der Waals surface area contributed by atoms with Crippen molar-refractivity contribution in [2.24, 2.45) is 0 Å². The van der Waals surface area contributed by atoms with Gasteiger partial charge in [-0.25, -0.2) is 5.10 Å². The first kappa shape index (κ1) is 10.8. The Morgan fingerprint density at radius 1 is 1.67 bits per heavy atom. The van der Waals surface area contributed by atoms with Crippen molar-refractivity contribution in [3.05, 3.63) is 21.6 Å². The zero-order valence-electron chi connectivity index (χ0n) is 8.12. The molecule has 2 N–H and O–H groups in total. The van der Waals surface area contributed by atoms with Gasteiger partial charge in [-0.2, -0.15) is 16.9 Å². The summed E-state index contributed by atoms with van der Waals surface area (Å²) in [5, 5.41) is 9.46. The molecule has 0 aliphatic carbocycles. The Morgan fingerprint density at radius 2 is 2.53 bits per heavy atom. The molecule has 1 atom stereocenters.